The summed E-state index contributed by atoms with van der Waals surface area (Å²) < 4.78 is 0. The fourth-order valence-electron chi connectivity index (χ4n) is 3.43. The van der Waals surface area contributed by atoms with Crippen molar-refractivity contribution in [2.24, 2.45) is 0 Å². The first kappa shape index (κ1) is 16.2. The Kier molecular flexibility index (Phi) is 4.72. The highest BCUT2D eigenvalue weighted by molar-refractivity contribution is 7.07. The summed E-state index contributed by atoms with van der Waals surface area (Å²) in [5, 5.41) is 4.31. The van der Waals surface area contributed by atoms with Crippen LogP contribution in [0.4, 0.5) is 0 Å². The van der Waals surface area contributed by atoms with Gasteiger partial charge in [0.25, 0.3) is 5.56 Å². The van der Waals surface area contributed by atoms with Crippen molar-refractivity contribution < 1.29 is 0 Å². The second-order valence-electron chi connectivity index (χ2n) is 6.37. The van der Waals surface area contributed by atoms with Crippen LogP contribution in [0.15, 0.2) is 52.2 Å². The number of aromatic amines is 1. The van der Waals surface area contributed by atoms with E-state index in [4.69, 9.17) is 4.98 Å². The van der Waals surface area contributed by atoms with Crippen LogP contribution >= 0.6 is 11.3 Å². The molecule has 0 radical (unpaired) electrons. The number of thiophene rings is 1. The van der Waals surface area contributed by atoms with Crippen molar-refractivity contribution in [1.29, 1.82) is 0 Å². The van der Waals surface area contributed by atoms with Crippen LogP contribution in [0.1, 0.15) is 36.6 Å². The van der Waals surface area contributed by atoms with Gasteiger partial charge in [0, 0.05) is 30.6 Å². The number of hydrogen-bond acceptors (Lipinski definition) is 5. The first-order valence-corrected chi connectivity index (χ1v) is 9.51. The predicted octanol–water partition coefficient (Wildman–Crippen LogP) is 3.62. The second kappa shape index (κ2) is 7.29. The highest BCUT2D eigenvalue weighted by Crippen LogP contribution is 2.31. The topological polar surface area (TPSA) is 61.9 Å². The lowest BCUT2D eigenvalue weighted by atomic mass is 9.98. The molecule has 0 saturated carbocycles. The molecule has 3 aromatic rings. The van der Waals surface area contributed by atoms with Gasteiger partial charge in [-0.05, 0) is 53.9 Å². The third kappa shape index (κ3) is 3.70. The third-order valence-electron chi connectivity index (χ3n) is 4.64. The minimum Gasteiger partial charge on any atom is -0.307 e. The first-order valence-electron chi connectivity index (χ1n) is 8.56. The normalized spacial score (nSPS) is 18.3. The van der Waals surface area contributed by atoms with Crippen LogP contribution in [0, 0.1) is 0 Å². The second-order valence-corrected chi connectivity index (χ2v) is 7.15. The van der Waals surface area contributed by atoms with Gasteiger partial charge in [-0.1, -0.05) is 6.42 Å². The van der Waals surface area contributed by atoms with Crippen molar-refractivity contribution in [3.05, 3.63) is 69.0 Å². The molecule has 1 aliphatic rings. The number of likely N-dealkylation sites (tertiary alicyclic amines) is 1. The van der Waals surface area contributed by atoms with Crippen molar-refractivity contribution in [3.63, 3.8) is 0 Å². The zero-order valence-corrected chi connectivity index (χ0v) is 14.7. The van der Waals surface area contributed by atoms with Gasteiger partial charge in [0.2, 0.25) is 0 Å². The maximum atomic E-state index is 12.2. The van der Waals surface area contributed by atoms with Crippen molar-refractivity contribution in [3.8, 4) is 11.4 Å². The van der Waals surface area contributed by atoms with Crippen molar-refractivity contribution in [2.75, 3.05) is 6.54 Å². The number of nitrogens with zero attached hydrogens (tertiary/aromatic N) is 3. The maximum absolute atomic E-state index is 12.2. The van der Waals surface area contributed by atoms with E-state index in [1.54, 1.807) is 29.8 Å². The van der Waals surface area contributed by atoms with E-state index in [1.165, 1.54) is 18.4 Å². The summed E-state index contributed by atoms with van der Waals surface area (Å²) >= 11 is 1.72. The minimum absolute atomic E-state index is 0.0992. The molecule has 1 unspecified atom stereocenters. The van der Waals surface area contributed by atoms with E-state index in [9.17, 15) is 4.79 Å². The zero-order valence-electron chi connectivity index (χ0n) is 13.9. The molecule has 0 amide bonds. The molecule has 0 aromatic carbocycles. The number of H-pyrrole nitrogens is 1. The molecule has 4 rings (SSSR count). The molecule has 0 spiro atoms. The number of rotatable bonds is 4. The molecule has 0 bridgehead atoms. The van der Waals surface area contributed by atoms with E-state index >= 15 is 0 Å². The van der Waals surface area contributed by atoms with E-state index in [2.05, 4.69) is 31.7 Å². The summed E-state index contributed by atoms with van der Waals surface area (Å²) in [6.45, 7) is 1.95. The number of aromatic nitrogens is 3. The summed E-state index contributed by atoms with van der Waals surface area (Å²) in [4.78, 5) is 26.3. The zero-order chi connectivity index (χ0) is 17.1. The number of piperidine rings is 1. The molecule has 3 aromatic heterocycles. The number of pyridine rings is 1. The molecule has 1 aliphatic heterocycles. The molecule has 0 aliphatic carbocycles. The highest BCUT2D eigenvalue weighted by Gasteiger charge is 2.26. The van der Waals surface area contributed by atoms with Crippen LogP contribution < -0.4 is 5.56 Å². The lowest BCUT2D eigenvalue weighted by Crippen LogP contribution is -2.34. The van der Waals surface area contributed by atoms with E-state index in [0.717, 1.165) is 30.8 Å². The Hall–Kier alpha value is -2.31. The van der Waals surface area contributed by atoms with Gasteiger partial charge in [-0.15, -0.1) is 0 Å². The molecule has 128 valence electrons. The van der Waals surface area contributed by atoms with Gasteiger partial charge in [0.05, 0.1) is 11.7 Å². The Balaban J connectivity index is 1.67. The molecule has 6 heteroatoms. The monoisotopic (exact) mass is 352 g/mol. The van der Waals surface area contributed by atoms with Gasteiger partial charge >= 0.3 is 0 Å². The average molecular weight is 352 g/mol. The van der Waals surface area contributed by atoms with Gasteiger partial charge in [-0.2, -0.15) is 11.3 Å². The molecule has 1 atom stereocenters. The SMILES string of the molecule is O=c1cc(C2CCCCN2Cc2ccsc2)nc(-c2ccncc2)[nH]1. The highest BCUT2D eigenvalue weighted by atomic mass is 32.1. The van der Waals surface area contributed by atoms with Gasteiger partial charge in [-0.25, -0.2) is 4.98 Å². The average Bonchev–Trinajstić information content (AvgIpc) is 3.15. The van der Waals surface area contributed by atoms with Gasteiger partial charge < -0.3 is 4.98 Å². The standard InChI is InChI=1S/C19H20N4OS/c24-18-11-16(21-19(22-18)15-4-7-20-8-5-15)17-3-1-2-9-23(17)12-14-6-10-25-13-14/h4-8,10-11,13,17H,1-3,9,12H2,(H,21,22,24). The van der Waals surface area contributed by atoms with Gasteiger partial charge in [0.15, 0.2) is 0 Å². The smallest absolute Gasteiger partial charge is 0.251 e. The third-order valence-corrected chi connectivity index (χ3v) is 5.37. The minimum atomic E-state index is -0.0992. The van der Waals surface area contributed by atoms with Gasteiger partial charge in [0.1, 0.15) is 5.82 Å². The molecule has 1 saturated heterocycles. The number of hydrogen-bond donors (Lipinski definition) is 1. The molecule has 25 heavy (non-hydrogen) atoms. The van der Waals surface area contributed by atoms with E-state index in [-0.39, 0.29) is 11.6 Å². The molecule has 1 fully saturated rings. The lowest BCUT2D eigenvalue weighted by molar-refractivity contribution is 0.137. The molecule has 4 heterocycles. The molecular weight excluding hydrogens is 332 g/mol. The summed E-state index contributed by atoms with van der Waals surface area (Å²) in [5.41, 5.74) is 2.98. The molecular formula is C19H20N4OS. The maximum Gasteiger partial charge on any atom is 0.251 e. The number of nitrogens with one attached hydrogen (secondary N) is 1. The summed E-state index contributed by atoms with van der Waals surface area (Å²) in [5.74, 6) is 0.617. The molecule has 5 nitrogen and oxygen atoms in total. The van der Waals surface area contributed by atoms with E-state index in [0.29, 0.717) is 5.82 Å². The van der Waals surface area contributed by atoms with E-state index in [1.807, 2.05) is 12.1 Å². The molecule has 1 N–H and O–H groups in total. The predicted molar refractivity (Wildman–Crippen MR) is 99.4 cm³/mol. The Morgan fingerprint density at radius 3 is 2.92 bits per heavy atom. The van der Waals surface area contributed by atoms with Crippen LogP contribution in [-0.2, 0) is 6.54 Å². The van der Waals surface area contributed by atoms with Crippen LogP contribution in [-0.4, -0.2) is 26.4 Å². The summed E-state index contributed by atoms with van der Waals surface area (Å²) in [6, 6.07) is 7.75. The lowest BCUT2D eigenvalue weighted by Gasteiger charge is -2.35. The van der Waals surface area contributed by atoms with Crippen LogP contribution in [0.25, 0.3) is 11.4 Å². The first-order chi connectivity index (χ1) is 12.3. The Bertz CT molecular complexity index is 876. The van der Waals surface area contributed by atoms with E-state index < -0.39 is 0 Å². The van der Waals surface area contributed by atoms with Gasteiger partial charge in [-0.3, -0.25) is 14.7 Å². The Labute approximate surface area is 150 Å². The largest absolute Gasteiger partial charge is 0.307 e. The quantitative estimate of drug-likeness (QED) is 0.779. The van der Waals surface area contributed by atoms with Crippen LogP contribution in [0.3, 0.4) is 0 Å². The van der Waals surface area contributed by atoms with Crippen LogP contribution in [0.5, 0.6) is 0 Å². The van der Waals surface area contributed by atoms with Crippen molar-refractivity contribution >= 4 is 11.3 Å². The Morgan fingerprint density at radius 1 is 1.24 bits per heavy atom. The van der Waals surface area contributed by atoms with Crippen molar-refractivity contribution in [2.45, 2.75) is 31.8 Å². The Morgan fingerprint density at radius 2 is 2.12 bits per heavy atom. The summed E-state index contributed by atoms with van der Waals surface area (Å²) in [7, 11) is 0. The van der Waals surface area contributed by atoms with Crippen molar-refractivity contribution in [1.82, 2.24) is 19.9 Å². The fourth-order valence-corrected chi connectivity index (χ4v) is 4.09. The van der Waals surface area contributed by atoms with Crippen LogP contribution in [0.2, 0.25) is 0 Å². The fraction of sp³-hybridized carbons (Fsp3) is 0.316. The summed E-state index contributed by atoms with van der Waals surface area (Å²) in [6.07, 6.45) is 6.83.